The van der Waals surface area contributed by atoms with Crippen molar-refractivity contribution in [3.8, 4) is 0 Å². The first kappa shape index (κ1) is 13.1. The van der Waals surface area contributed by atoms with E-state index in [1.165, 1.54) is 4.57 Å². The van der Waals surface area contributed by atoms with E-state index in [0.29, 0.717) is 16.1 Å². The van der Waals surface area contributed by atoms with Crippen LogP contribution in [0.1, 0.15) is 18.7 Å². The van der Waals surface area contributed by atoms with Crippen LogP contribution in [0.3, 0.4) is 0 Å². The highest BCUT2D eigenvalue weighted by molar-refractivity contribution is 6.31. The quantitative estimate of drug-likeness (QED) is 0.748. The van der Waals surface area contributed by atoms with E-state index in [1.807, 2.05) is 0 Å². The smallest absolute Gasteiger partial charge is 0.311 e. The van der Waals surface area contributed by atoms with Gasteiger partial charge in [0, 0.05) is 5.02 Å². The van der Waals surface area contributed by atoms with E-state index in [9.17, 15) is 13.2 Å². The van der Waals surface area contributed by atoms with E-state index in [0.717, 1.165) is 0 Å². The number of benzene rings is 1. The van der Waals surface area contributed by atoms with Gasteiger partial charge in [-0.1, -0.05) is 11.6 Å². The van der Waals surface area contributed by atoms with Gasteiger partial charge < -0.3 is 4.57 Å². The molecule has 1 heterocycles. The Labute approximate surface area is 117 Å². The fourth-order valence-corrected chi connectivity index (χ4v) is 2.77. The van der Waals surface area contributed by atoms with Gasteiger partial charge in [-0.2, -0.15) is 13.2 Å². The average Bonchev–Trinajstić information content (AvgIpc) is 3.05. The Balaban J connectivity index is 2.28. The molecule has 1 aromatic heterocycles. The second-order valence-electron chi connectivity index (χ2n) is 4.66. The average molecular weight is 309 g/mol. The number of aromatic nitrogens is 2. The zero-order valence-corrected chi connectivity index (χ0v) is 11.1. The van der Waals surface area contributed by atoms with E-state index < -0.39 is 11.7 Å². The van der Waals surface area contributed by atoms with Crippen molar-refractivity contribution in [1.29, 1.82) is 0 Å². The normalized spacial score (nSPS) is 17.9. The maximum Gasteiger partial charge on any atom is 0.412 e. The van der Waals surface area contributed by atoms with Crippen LogP contribution in [0.4, 0.5) is 13.2 Å². The van der Waals surface area contributed by atoms with Crippen molar-refractivity contribution in [3.05, 3.63) is 29.0 Å². The topological polar surface area (TPSA) is 17.8 Å². The van der Waals surface area contributed by atoms with E-state index in [4.69, 9.17) is 23.2 Å². The zero-order valence-electron chi connectivity index (χ0n) is 9.64. The Morgan fingerprint density at radius 1 is 1.32 bits per heavy atom. The molecule has 2 nitrogen and oxygen atoms in total. The van der Waals surface area contributed by atoms with Gasteiger partial charge >= 0.3 is 6.18 Å². The monoisotopic (exact) mass is 308 g/mol. The van der Waals surface area contributed by atoms with Crippen LogP contribution in [0.2, 0.25) is 5.02 Å². The highest BCUT2D eigenvalue weighted by atomic mass is 35.5. The first-order valence-corrected chi connectivity index (χ1v) is 6.60. The summed E-state index contributed by atoms with van der Waals surface area (Å²) in [4.78, 5) is 4.16. The molecule has 7 heteroatoms. The minimum atomic E-state index is -4.30. The minimum absolute atomic E-state index is 0.0640. The Morgan fingerprint density at radius 2 is 2.00 bits per heavy atom. The largest absolute Gasteiger partial charge is 0.412 e. The van der Waals surface area contributed by atoms with Gasteiger partial charge in [0.15, 0.2) is 0 Å². The summed E-state index contributed by atoms with van der Waals surface area (Å²) in [5, 5.41) is 0.440. The van der Waals surface area contributed by atoms with Crippen molar-refractivity contribution in [3.63, 3.8) is 0 Å². The number of fused-ring (bicyclic) bond motifs is 1. The lowest BCUT2D eigenvalue weighted by Crippen LogP contribution is -2.35. The van der Waals surface area contributed by atoms with Crippen LogP contribution in [0.15, 0.2) is 18.2 Å². The van der Waals surface area contributed by atoms with Gasteiger partial charge in [-0.15, -0.1) is 11.6 Å². The molecule has 1 aliphatic carbocycles. The molecular weight excluding hydrogens is 300 g/mol. The Bertz CT molecular complexity index is 644. The number of halogens is 5. The molecule has 3 rings (SSSR count). The molecule has 0 N–H and O–H groups in total. The highest BCUT2D eigenvalue weighted by Gasteiger charge is 2.65. The van der Waals surface area contributed by atoms with Crippen LogP contribution in [0.5, 0.6) is 0 Å². The molecule has 0 bridgehead atoms. The van der Waals surface area contributed by atoms with Crippen molar-refractivity contribution in [2.75, 3.05) is 0 Å². The van der Waals surface area contributed by atoms with E-state index >= 15 is 0 Å². The molecule has 1 fully saturated rings. The van der Waals surface area contributed by atoms with Crippen LogP contribution >= 0.6 is 23.2 Å². The van der Waals surface area contributed by atoms with Gasteiger partial charge in [-0.05, 0) is 31.0 Å². The Kier molecular flexibility index (Phi) is 2.77. The molecule has 2 aromatic rings. The first-order valence-electron chi connectivity index (χ1n) is 5.69. The van der Waals surface area contributed by atoms with Gasteiger partial charge in [0.05, 0.1) is 16.9 Å². The molecule has 0 radical (unpaired) electrons. The van der Waals surface area contributed by atoms with E-state index in [1.54, 1.807) is 18.2 Å². The standard InChI is InChI=1S/C12H9Cl2F3N2/c13-6-10-18-8-5-7(14)1-2-9(8)19(10)11(3-4-11)12(15,16)17/h1-2,5H,3-4,6H2. The molecule has 0 aliphatic heterocycles. The van der Waals surface area contributed by atoms with Gasteiger partial charge in [0.1, 0.15) is 11.4 Å². The van der Waals surface area contributed by atoms with Crippen LogP contribution in [0, 0.1) is 0 Å². The molecule has 0 saturated heterocycles. The second kappa shape index (κ2) is 4.03. The lowest BCUT2D eigenvalue weighted by molar-refractivity contribution is -0.179. The third kappa shape index (κ3) is 1.82. The summed E-state index contributed by atoms with van der Waals surface area (Å²) < 4.78 is 41.0. The summed E-state index contributed by atoms with van der Waals surface area (Å²) in [6, 6.07) is 4.68. The third-order valence-electron chi connectivity index (χ3n) is 3.48. The fourth-order valence-electron chi connectivity index (χ4n) is 2.42. The molecule has 0 spiro atoms. The van der Waals surface area contributed by atoms with Crippen molar-refractivity contribution >= 4 is 34.2 Å². The Hall–Kier alpha value is -0.940. The minimum Gasteiger partial charge on any atom is -0.311 e. The molecule has 0 unspecified atom stereocenters. The van der Waals surface area contributed by atoms with Crippen molar-refractivity contribution < 1.29 is 13.2 Å². The third-order valence-corrected chi connectivity index (χ3v) is 3.96. The molecule has 1 aliphatic rings. The SMILES string of the molecule is FC(F)(F)C1(n2c(CCl)nc3cc(Cl)ccc32)CC1. The van der Waals surface area contributed by atoms with E-state index in [-0.39, 0.29) is 24.5 Å². The summed E-state index contributed by atoms with van der Waals surface area (Å²) in [7, 11) is 0. The molecule has 1 saturated carbocycles. The van der Waals surface area contributed by atoms with Gasteiger partial charge in [-0.25, -0.2) is 4.98 Å². The molecule has 1 aromatic carbocycles. The van der Waals surface area contributed by atoms with Gasteiger partial charge in [-0.3, -0.25) is 0 Å². The predicted molar refractivity (Wildman–Crippen MR) is 67.6 cm³/mol. The van der Waals surface area contributed by atoms with Crippen LogP contribution < -0.4 is 0 Å². The molecule has 0 amide bonds. The molecule has 102 valence electrons. The molecular formula is C12H9Cl2F3N2. The predicted octanol–water partition coefficient (Wildman–Crippen LogP) is 4.48. The van der Waals surface area contributed by atoms with Crippen molar-refractivity contribution in [2.45, 2.75) is 30.4 Å². The van der Waals surface area contributed by atoms with E-state index in [2.05, 4.69) is 4.98 Å². The lowest BCUT2D eigenvalue weighted by Gasteiger charge is -2.23. The van der Waals surface area contributed by atoms with Crippen molar-refractivity contribution in [2.24, 2.45) is 0 Å². The molecule has 0 atom stereocenters. The zero-order chi connectivity index (χ0) is 13.8. The van der Waals surface area contributed by atoms with Crippen LogP contribution in [-0.4, -0.2) is 15.7 Å². The summed E-state index contributed by atoms with van der Waals surface area (Å²) in [6.45, 7) is 0. The maximum atomic E-state index is 13.3. The van der Waals surface area contributed by atoms with Crippen molar-refractivity contribution in [1.82, 2.24) is 9.55 Å². The lowest BCUT2D eigenvalue weighted by atomic mass is 10.2. The number of hydrogen-bond donors (Lipinski definition) is 0. The number of imidazole rings is 1. The van der Waals surface area contributed by atoms with Crippen LogP contribution in [0.25, 0.3) is 11.0 Å². The maximum absolute atomic E-state index is 13.3. The van der Waals surface area contributed by atoms with Crippen LogP contribution in [-0.2, 0) is 11.4 Å². The molecule has 19 heavy (non-hydrogen) atoms. The number of nitrogens with zero attached hydrogens (tertiary/aromatic N) is 2. The second-order valence-corrected chi connectivity index (χ2v) is 5.36. The highest BCUT2D eigenvalue weighted by Crippen LogP contribution is 2.57. The van der Waals surface area contributed by atoms with Gasteiger partial charge in [0.25, 0.3) is 0 Å². The Morgan fingerprint density at radius 3 is 2.53 bits per heavy atom. The summed E-state index contributed by atoms with van der Waals surface area (Å²) in [6.07, 6.45) is -4.18. The summed E-state index contributed by atoms with van der Waals surface area (Å²) in [5.41, 5.74) is -0.978. The van der Waals surface area contributed by atoms with Gasteiger partial charge in [0.2, 0.25) is 0 Å². The fraction of sp³-hybridized carbons (Fsp3) is 0.417. The number of alkyl halides is 4. The first-order chi connectivity index (χ1) is 8.89. The summed E-state index contributed by atoms with van der Waals surface area (Å²) in [5.74, 6) is 0.165. The number of rotatable bonds is 2. The summed E-state index contributed by atoms with van der Waals surface area (Å²) >= 11 is 11.6. The number of hydrogen-bond acceptors (Lipinski definition) is 1.